The van der Waals surface area contributed by atoms with Gasteiger partial charge in [0.1, 0.15) is 0 Å². The van der Waals surface area contributed by atoms with Gasteiger partial charge in [-0.1, -0.05) is 42.6 Å². The molecule has 0 aliphatic carbocycles. The second kappa shape index (κ2) is 6.07. The van der Waals surface area contributed by atoms with Crippen molar-refractivity contribution in [1.29, 1.82) is 0 Å². The first kappa shape index (κ1) is 13.9. The number of hydrogen-bond donors (Lipinski definition) is 1. The first-order valence-electron chi connectivity index (χ1n) is 5.92. The van der Waals surface area contributed by atoms with E-state index in [2.05, 4.69) is 19.1 Å². The minimum absolute atomic E-state index is 0.136. The third kappa shape index (κ3) is 3.07. The molecule has 2 rings (SSSR count). The molecule has 1 nitrogen and oxygen atoms in total. The van der Waals surface area contributed by atoms with Gasteiger partial charge in [0.2, 0.25) is 0 Å². The number of thiophene rings is 1. The first-order chi connectivity index (χ1) is 8.61. The van der Waals surface area contributed by atoms with Gasteiger partial charge in [0.15, 0.2) is 0 Å². The smallest absolute Gasteiger partial charge is 0.0598 e. The molecule has 0 radical (unpaired) electrons. The number of nitrogens with two attached hydrogens (primary N) is 1. The molecule has 18 heavy (non-hydrogen) atoms. The molecule has 0 saturated heterocycles. The van der Waals surface area contributed by atoms with E-state index in [1.165, 1.54) is 9.75 Å². The third-order valence-corrected chi connectivity index (χ3v) is 4.80. The first-order valence-corrected chi connectivity index (χ1v) is 7.49. The summed E-state index contributed by atoms with van der Waals surface area (Å²) < 4.78 is 0. The van der Waals surface area contributed by atoms with Gasteiger partial charge in [0, 0.05) is 15.8 Å². The Bertz CT molecular complexity index is 536. The number of halogens is 2. The second-order valence-electron chi connectivity index (χ2n) is 4.23. The Balaban J connectivity index is 2.26. The maximum absolute atomic E-state index is 6.11. The molecule has 2 N–H and O–H groups in total. The van der Waals surface area contributed by atoms with Gasteiger partial charge in [0.25, 0.3) is 0 Å². The molecule has 1 aromatic heterocycles. The van der Waals surface area contributed by atoms with Crippen LogP contribution in [-0.2, 0) is 0 Å². The van der Waals surface area contributed by atoms with Gasteiger partial charge in [-0.05, 0) is 36.2 Å². The monoisotopic (exact) mass is 299 g/mol. The van der Waals surface area contributed by atoms with Crippen molar-refractivity contribution in [3.63, 3.8) is 0 Å². The highest BCUT2D eigenvalue weighted by atomic mass is 35.5. The molecule has 0 bridgehead atoms. The van der Waals surface area contributed by atoms with Gasteiger partial charge in [-0.15, -0.1) is 11.3 Å². The predicted octanol–water partition coefficient (Wildman–Crippen LogP) is 5.52. The van der Waals surface area contributed by atoms with E-state index in [4.69, 9.17) is 28.9 Å². The fourth-order valence-electron chi connectivity index (χ4n) is 1.81. The van der Waals surface area contributed by atoms with E-state index in [0.717, 1.165) is 18.4 Å². The van der Waals surface area contributed by atoms with E-state index < -0.39 is 0 Å². The number of hydrogen-bond acceptors (Lipinski definition) is 2. The summed E-state index contributed by atoms with van der Waals surface area (Å²) in [6.45, 7) is 2.15. The largest absolute Gasteiger partial charge is 0.323 e. The Kier molecular flexibility index (Phi) is 4.68. The Morgan fingerprint density at radius 1 is 1.17 bits per heavy atom. The van der Waals surface area contributed by atoms with Gasteiger partial charge >= 0.3 is 0 Å². The highest BCUT2D eigenvalue weighted by Gasteiger charge is 2.10. The van der Waals surface area contributed by atoms with E-state index >= 15 is 0 Å². The summed E-state index contributed by atoms with van der Waals surface area (Å²) in [7, 11) is 0. The van der Waals surface area contributed by atoms with Crippen molar-refractivity contribution in [3.05, 3.63) is 45.3 Å². The molecule has 0 aliphatic heterocycles. The van der Waals surface area contributed by atoms with Crippen molar-refractivity contribution in [2.45, 2.75) is 25.8 Å². The minimum atomic E-state index is 0.136. The van der Waals surface area contributed by atoms with Gasteiger partial charge in [0.05, 0.1) is 10.0 Å². The lowest BCUT2D eigenvalue weighted by atomic mass is 10.1. The van der Waals surface area contributed by atoms with E-state index in [1.54, 1.807) is 11.3 Å². The van der Waals surface area contributed by atoms with Crippen LogP contribution in [-0.4, -0.2) is 0 Å². The molecule has 1 heterocycles. The summed E-state index contributed by atoms with van der Waals surface area (Å²) >= 11 is 13.7. The van der Waals surface area contributed by atoms with Crippen molar-refractivity contribution >= 4 is 34.5 Å². The zero-order valence-electron chi connectivity index (χ0n) is 10.1. The van der Waals surface area contributed by atoms with E-state index in [9.17, 15) is 0 Å². The van der Waals surface area contributed by atoms with Gasteiger partial charge in [-0.25, -0.2) is 0 Å². The summed E-state index contributed by atoms with van der Waals surface area (Å²) in [6.07, 6.45) is 2.11. The lowest BCUT2D eigenvalue weighted by Crippen LogP contribution is -2.07. The van der Waals surface area contributed by atoms with Crippen LogP contribution in [0.15, 0.2) is 30.3 Å². The Labute approximate surface area is 122 Å². The zero-order chi connectivity index (χ0) is 13.1. The van der Waals surface area contributed by atoms with Crippen molar-refractivity contribution in [2.24, 2.45) is 5.73 Å². The molecule has 1 unspecified atom stereocenters. The van der Waals surface area contributed by atoms with Crippen LogP contribution in [0.2, 0.25) is 10.0 Å². The molecule has 2 aromatic rings. The fraction of sp³-hybridized carbons (Fsp3) is 0.286. The van der Waals surface area contributed by atoms with Crippen LogP contribution in [0.25, 0.3) is 10.4 Å². The van der Waals surface area contributed by atoms with Crippen molar-refractivity contribution < 1.29 is 0 Å². The fourth-order valence-corrected chi connectivity index (χ4v) is 3.15. The molecule has 1 aromatic carbocycles. The lowest BCUT2D eigenvalue weighted by molar-refractivity contribution is 0.648. The normalized spacial score (nSPS) is 12.7. The predicted molar refractivity (Wildman–Crippen MR) is 81.6 cm³/mol. The van der Waals surface area contributed by atoms with Crippen LogP contribution in [0.3, 0.4) is 0 Å². The topological polar surface area (TPSA) is 26.0 Å². The van der Waals surface area contributed by atoms with Crippen LogP contribution in [0.5, 0.6) is 0 Å². The third-order valence-electron chi connectivity index (χ3n) is 2.80. The zero-order valence-corrected chi connectivity index (χ0v) is 12.4. The van der Waals surface area contributed by atoms with E-state index in [1.807, 2.05) is 18.2 Å². The average molecular weight is 300 g/mol. The summed E-state index contributed by atoms with van der Waals surface area (Å²) in [5.74, 6) is 0. The SMILES string of the molecule is CCCC(N)c1ccc(-c2ccc(Cl)c(Cl)c2)s1. The molecule has 0 fully saturated rings. The number of benzene rings is 1. The molecular weight excluding hydrogens is 285 g/mol. The van der Waals surface area contributed by atoms with Crippen LogP contribution in [0.1, 0.15) is 30.7 Å². The molecular formula is C14H15Cl2NS. The highest BCUT2D eigenvalue weighted by molar-refractivity contribution is 7.15. The quantitative estimate of drug-likeness (QED) is 0.790. The van der Waals surface area contributed by atoms with Crippen LogP contribution >= 0.6 is 34.5 Å². The lowest BCUT2D eigenvalue weighted by Gasteiger charge is -2.06. The second-order valence-corrected chi connectivity index (χ2v) is 6.16. The van der Waals surface area contributed by atoms with Gasteiger partial charge in [-0.3, -0.25) is 0 Å². The van der Waals surface area contributed by atoms with Crippen molar-refractivity contribution in [1.82, 2.24) is 0 Å². The Morgan fingerprint density at radius 2 is 1.94 bits per heavy atom. The van der Waals surface area contributed by atoms with Gasteiger partial charge < -0.3 is 5.73 Å². The molecule has 0 amide bonds. The molecule has 0 aliphatic rings. The molecule has 96 valence electrons. The van der Waals surface area contributed by atoms with Crippen LogP contribution in [0.4, 0.5) is 0 Å². The maximum atomic E-state index is 6.11. The standard InChI is InChI=1S/C14H15Cl2NS/c1-2-3-12(17)14-7-6-13(18-14)9-4-5-10(15)11(16)8-9/h4-8,12H,2-3,17H2,1H3. The molecule has 0 spiro atoms. The average Bonchev–Trinajstić information content (AvgIpc) is 2.82. The molecule has 0 saturated carbocycles. The van der Waals surface area contributed by atoms with E-state index in [0.29, 0.717) is 10.0 Å². The Hall–Kier alpha value is -0.540. The van der Waals surface area contributed by atoms with Gasteiger partial charge in [-0.2, -0.15) is 0 Å². The van der Waals surface area contributed by atoms with Crippen LogP contribution in [0, 0.1) is 0 Å². The molecule has 4 heteroatoms. The van der Waals surface area contributed by atoms with Crippen LogP contribution < -0.4 is 5.73 Å². The summed E-state index contributed by atoms with van der Waals surface area (Å²) in [6, 6.07) is 10.0. The Morgan fingerprint density at radius 3 is 2.61 bits per heavy atom. The molecule has 1 atom stereocenters. The van der Waals surface area contributed by atoms with Crippen molar-refractivity contribution in [3.8, 4) is 10.4 Å². The summed E-state index contributed by atoms with van der Waals surface area (Å²) in [4.78, 5) is 2.40. The summed E-state index contributed by atoms with van der Waals surface area (Å²) in [5.41, 5.74) is 7.20. The summed E-state index contributed by atoms with van der Waals surface area (Å²) in [5, 5.41) is 1.17. The highest BCUT2D eigenvalue weighted by Crippen LogP contribution is 2.34. The van der Waals surface area contributed by atoms with E-state index in [-0.39, 0.29) is 6.04 Å². The minimum Gasteiger partial charge on any atom is -0.323 e. The maximum Gasteiger partial charge on any atom is 0.0598 e. The number of rotatable bonds is 4. The van der Waals surface area contributed by atoms with Crippen molar-refractivity contribution in [2.75, 3.05) is 0 Å².